The van der Waals surface area contributed by atoms with Gasteiger partial charge in [0.25, 0.3) is 0 Å². The van der Waals surface area contributed by atoms with Gasteiger partial charge in [0.05, 0.1) is 0 Å². The van der Waals surface area contributed by atoms with Crippen molar-refractivity contribution >= 4 is 0 Å². The fraction of sp³-hybridized carbons (Fsp3) is 0.867. The van der Waals surface area contributed by atoms with Gasteiger partial charge in [0.1, 0.15) is 0 Å². The van der Waals surface area contributed by atoms with Crippen molar-refractivity contribution in [3.05, 3.63) is 11.3 Å². The summed E-state index contributed by atoms with van der Waals surface area (Å²) < 4.78 is 0. The fourth-order valence-corrected chi connectivity index (χ4v) is 2.76. The van der Waals surface area contributed by atoms with E-state index >= 15 is 0 Å². The maximum atomic E-state index is 2.61. The van der Waals surface area contributed by atoms with Crippen molar-refractivity contribution < 1.29 is 0 Å². The Morgan fingerprint density at radius 1 is 1.00 bits per heavy atom. The number of allylic oxidation sites excluding steroid dienone is 1. The highest BCUT2D eigenvalue weighted by Crippen LogP contribution is 2.42. The molecule has 0 atom stereocenters. The molecule has 1 rings (SSSR count). The lowest BCUT2D eigenvalue weighted by atomic mass is 9.84. The monoisotopic (exact) mass is 223 g/mol. The molecule has 0 spiro atoms. The minimum atomic E-state index is 0.249. The third kappa shape index (κ3) is 2.61. The molecule has 0 aromatic carbocycles. The van der Waals surface area contributed by atoms with E-state index in [9.17, 15) is 0 Å². The summed E-state index contributed by atoms with van der Waals surface area (Å²) >= 11 is 0. The molecule has 1 heterocycles. The number of hydrogen-bond donors (Lipinski definition) is 0. The van der Waals surface area contributed by atoms with Crippen LogP contribution in [-0.4, -0.2) is 17.0 Å². The van der Waals surface area contributed by atoms with Gasteiger partial charge in [-0.15, -0.1) is 0 Å². The molecule has 1 aliphatic rings. The summed E-state index contributed by atoms with van der Waals surface area (Å²) in [7, 11) is 0. The summed E-state index contributed by atoms with van der Waals surface area (Å²) in [6, 6.07) is 0. The molecule has 0 saturated carbocycles. The van der Waals surface area contributed by atoms with Crippen molar-refractivity contribution in [3.8, 4) is 0 Å². The Bertz CT molecular complexity index is 284. The highest BCUT2D eigenvalue weighted by molar-refractivity contribution is 5.27. The van der Waals surface area contributed by atoms with Gasteiger partial charge >= 0.3 is 0 Å². The Morgan fingerprint density at radius 2 is 1.50 bits per heavy atom. The van der Waals surface area contributed by atoms with Crippen molar-refractivity contribution in [3.63, 3.8) is 0 Å². The zero-order valence-corrected chi connectivity index (χ0v) is 12.4. The fourth-order valence-electron chi connectivity index (χ4n) is 2.76. The molecule has 94 valence electrons. The standard InChI is InChI=1S/C15H29N/c1-11(2)12-9-10-16(15(6,7)8)13(12)14(3,4)5/h11H,9-10H2,1-8H3. The van der Waals surface area contributed by atoms with Gasteiger partial charge in [-0.1, -0.05) is 34.6 Å². The van der Waals surface area contributed by atoms with Crippen LogP contribution in [0.2, 0.25) is 0 Å². The van der Waals surface area contributed by atoms with Crippen LogP contribution in [0.4, 0.5) is 0 Å². The van der Waals surface area contributed by atoms with Crippen molar-refractivity contribution in [2.75, 3.05) is 6.54 Å². The van der Waals surface area contributed by atoms with Gasteiger partial charge < -0.3 is 4.90 Å². The number of rotatable bonds is 1. The summed E-state index contributed by atoms with van der Waals surface area (Å²) in [6.07, 6.45) is 1.25. The lowest BCUT2D eigenvalue weighted by Gasteiger charge is -2.41. The zero-order chi connectivity index (χ0) is 12.7. The largest absolute Gasteiger partial charge is 0.369 e. The molecule has 0 N–H and O–H groups in total. The minimum absolute atomic E-state index is 0.249. The highest BCUT2D eigenvalue weighted by Gasteiger charge is 2.36. The van der Waals surface area contributed by atoms with E-state index in [1.165, 1.54) is 13.0 Å². The molecule has 1 nitrogen and oxygen atoms in total. The number of hydrogen-bond acceptors (Lipinski definition) is 1. The van der Waals surface area contributed by atoms with Crippen LogP contribution in [0.15, 0.2) is 11.3 Å². The summed E-state index contributed by atoms with van der Waals surface area (Å²) in [5.74, 6) is 0.682. The van der Waals surface area contributed by atoms with Gasteiger partial charge in [0.15, 0.2) is 0 Å². The van der Waals surface area contributed by atoms with Gasteiger partial charge in [-0.25, -0.2) is 0 Å². The molecular formula is C15H29N. The van der Waals surface area contributed by atoms with Gasteiger partial charge in [-0.3, -0.25) is 0 Å². The Hall–Kier alpha value is -0.460. The Balaban J connectivity index is 3.20. The van der Waals surface area contributed by atoms with E-state index < -0.39 is 0 Å². The van der Waals surface area contributed by atoms with Crippen LogP contribution in [-0.2, 0) is 0 Å². The van der Waals surface area contributed by atoms with Crippen LogP contribution < -0.4 is 0 Å². The minimum Gasteiger partial charge on any atom is -0.369 e. The van der Waals surface area contributed by atoms with Gasteiger partial charge in [-0.05, 0) is 38.7 Å². The van der Waals surface area contributed by atoms with E-state index in [0.29, 0.717) is 5.92 Å². The summed E-state index contributed by atoms with van der Waals surface area (Å²) in [5, 5.41) is 0. The first-order valence-electron chi connectivity index (χ1n) is 6.56. The second kappa shape index (κ2) is 4.09. The predicted octanol–water partition coefficient (Wildman–Crippen LogP) is 4.45. The molecule has 0 radical (unpaired) electrons. The van der Waals surface area contributed by atoms with Crippen LogP contribution in [0.3, 0.4) is 0 Å². The lowest BCUT2D eigenvalue weighted by Crippen LogP contribution is -2.42. The predicted molar refractivity (Wildman–Crippen MR) is 72.4 cm³/mol. The lowest BCUT2D eigenvalue weighted by molar-refractivity contribution is 0.165. The first-order chi connectivity index (χ1) is 7.05. The van der Waals surface area contributed by atoms with Gasteiger partial charge in [0.2, 0.25) is 0 Å². The number of nitrogens with zero attached hydrogens (tertiary/aromatic N) is 1. The maximum Gasteiger partial charge on any atom is 0.0315 e. The summed E-state index contributed by atoms with van der Waals surface area (Å²) in [5.41, 5.74) is 3.78. The molecule has 0 aromatic heterocycles. The van der Waals surface area contributed by atoms with Crippen molar-refractivity contribution in [2.24, 2.45) is 11.3 Å². The SMILES string of the molecule is CC(C)C1=C(C(C)(C)C)N(C(C)(C)C)CC1. The Morgan fingerprint density at radius 3 is 1.81 bits per heavy atom. The maximum absolute atomic E-state index is 2.61. The van der Waals surface area contributed by atoms with Crippen molar-refractivity contribution in [1.82, 2.24) is 4.90 Å². The van der Waals surface area contributed by atoms with Crippen LogP contribution in [0.1, 0.15) is 61.8 Å². The van der Waals surface area contributed by atoms with E-state index in [4.69, 9.17) is 0 Å². The van der Waals surface area contributed by atoms with Crippen LogP contribution in [0, 0.1) is 11.3 Å². The third-order valence-corrected chi connectivity index (χ3v) is 3.40. The van der Waals surface area contributed by atoms with Crippen LogP contribution in [0.5, 0.6) is 0 Å². The molecule has 1 aliphatic heterocycles. The third-order valence-electron chi connectivity index (χ3n) is 3.40. The van der Waals surface area contributed by atoms with Crippen molar-refractivity contribution in [1.29, 1.82) is 0 Å². The Kier molecular flexibility index (Phi) is 3.47. The molecule has 0 fully saturated rings. The molecule has 0 aromatic rings. The first kappa shape index (κ1) is 13.6. The Labute approximate surface area is 102 Å². The average molecular weight is 223 g/mol. The quantitative estimate of drug-likeness (QED) is 0.635. The molecule has 0 aliphatic carbocycles. The second-order valence-corrected chi connectivity index (χ2v) is 7.35. The van der Waals surface area contributed by atoms with E-state index in [2.05, 4.69) is 60.3 Å². The summed E-state index contributed by atoms with van der Waals surface area (Å²) in [4.78, 5) is 2.61. The molecule has 16 heavy (non-hydrogen) atoms. The van der Waals surface area contributed by atoms with E-state index in [1.54, 1.807) is 11.3 Å². The molecule has 0 amide bonds. The molecule has 0 unspecified atom stereocenters. The van der Waals surface area contributed by atoms with E-state index in [0.717, 1.165) is 0 Å². The summed E-state index contributed by atoms with van der Waals surface area (Å²) in [6.45, 7) is 19.8. The molecular weight excluding hydrogens is 194 g/mol. The van der Waals surface area contributed by atoms with Gasteiger partial charge in [-0.2, -0.15) is 0 Å². The zero-order valence-electron chi connectivity index (χ0n) is 12.4. The topological polar surface area (TPSA) is 3.24 Å². The van der Waals surface area contributed by atoms with Crippen LogP contribution >= 0.6 is 0 Å². The molecule has 1 heteroatoms. The first-order valence-corrected chi connectivity index (χ1v) is 6.56. The average Bonchev–Trinajstić information content (AvgIpc) is 2.43. The highest BCUT2D eigenvalue weighted by atomic mass is 15.2. The molecule has 0 bridgehead atoms. The van der Waals surface area contributed by atoms with E-state index in [-0.39, 0.29) is 11.0 Å². The molecule has 0 saturated heterocycles. The van der Waals surface area contributed by atoms with Crippen molar-refractivity contribution in [2.45, 2.75) is 67.3 Å². The van der Waals surface area contributed by atoms with E-state index in [1.807, 2.05) is 0 Å². The second-order valence-electron chi connectivity index (χ2n) is 7.35. The van der Waals surface area contributed by atoms with Crippen LogP contribution in [0.25, 0.3) is 0 Å². The normalized spacial score (nSPS) is 18.9. The smallest absolute Gasteiger partial charge is 0.0315 e. The van der Waals surface area contributed by atoms with Gasteiger partial charge in [0, 0.05) is 23.2 Å².